The molecule has 1 aromatic carbocycles. The fraction of sp³-hybridized carbons (Fsp3) is 0.565. The van der Waals surface area contributed by atoms with Crippen LogP contribution in [0.3, 0.4) is 0 Å². The number of aryl methyl sites for hydroxylation is 1. The topological polar surface area (TPSA) is 69.9 Å². The predicted molar refractivity (Wildman–Crippen MR) is 120 cm³/mol. The van der Waals surface area contributed by atoms with Crippen molar-refractivity contribution in [3.05, 3.63) is 24.3 Å². The average Bonchev–Trinajstić information content (AvgIpc) is 3.05. The first kappa shape index (κ1) is 21.1. The van der Waals surface area contributed by atoms with Gasteiger partial charge in [-0.05, 0) is 43.6 Å². The fourth-order valence-electron chi connectivity index (χ4n) is 4.65. The van der Waals surface area contributed by atoms with Crippen LogP contribution >= 0.6 is 11.8 Å². The molecule has 30 heavy (non-hydrogen) atoms. The van der Waals surface area contributed by atoms with Crippen LogP contribution in [0, 0.1) is 17.8 Å². The van der Waals surface area contributed by atoms with E-state index in [1.807, 2.05) is 18.2 Å². The van der Waals surface area contributed by atoms with Gasteiger partial charge >= 0.3 is 5.97 Å². The zero-order valence-corrected chi connectivity index (χ0v) is 19.0. The number of carbonyl (C=O) groups excluding carboxylic acids is 1. The Hall–Kier alpha value is -2.15. The second-order valence-corrected chi connectivity index (χ2v) is 9.61. The lowest BCUT2D eigenvalue weighted by molar-refractivity contribution is -0.152. The highest BCUT2D eigenvalue weighted by molar-refractivity contribution is 7.99. The highest BCUT2D eigenvalue weighted by atomic mass is 32.2. The van der Waals surface area contributed by atoms with Crippen molar-refractivity contribution in [3.8, 4) is 0 Å². The van der Waals surface area contributed by atoms with Gasteiger partial charge in [0.25, 0.3) is 0 Å². The lowest BCUT2D eigenvalue weighted by Crippen LogP contribution is -2.36. The molecule has 0 saturated heterocycles. The van der Waals surface area contributed by atoms with E-state index in [1.54, 1.807) is 0 Å². The summed E-state index contributed by atoms with van der Waals surface area (Å²) in [6.45, 7) is 9.57. The molecule has 160 valence electrons. The van der Waals surface area contributed by atoms with E-state index in [0.29, 0.717) is 22.9 Å². The number of ether oxygens (including phenoxy) is 1. The SMILES string of the molecule is CCn1c2ccccc2c2nnc(SCC(=O)O[C@H]3C[C@@H](C)CC[C@@H]3C(C)C)nc21. The molecule has 1 aliphatic carbocycles. The largest absolute Gasteiger partial charge is 0.461 e. The Balaban J connectivity index is 1.47. The number of rotatable bonds is 6. The summed E-state index contributed by atoms with van der Waals surface area (Å²) < 4.78 is 8.03. The summed E-state index contributed by atoms with van der Waals surface area (Å²) in [7, 11) is 0. The van der Waals surface area contributed by atoms with Gasteiger partial charge in [0, 0.05) is 11.9 Å². The first-order chi connectivity index (χ1) is 14.5. The van der Waals surface area contributed by atoms with Crippen molar-refractivity contribution in [1.82, 2.24) is 19.7 Å². The van der Waals surface area contributed by atoms with Gasteiger partial charge in [0.15, 0.2) is 5.65 Å². The maximum absolute atomic E-state index is 12.6. The van der Waals surface area contributed by atoms with Crippen molar-refractivity contribution in [2.75, 3.05) is 5.75 Å². The molecule has 0 spiro atoms. The van der Waals surface area contributed by atoms with Crippen molar-refractivity contribution in [2.24, 2.45) is 17.8 Å². The number of carbonyl (C=O) groups is 1. The van der Waals surface area contributed by atoms with Crippen LogP contribution in [0.15, 0.2) is 29.4 Å². The Labute approximate surface area is 181 Å². The number of aromatic nitrogens is 4. The van der Waals surface area contributed by atoms with Crippen molar-refractivity contribution >= 4 is 39.8 Å². The first-order valence-corrected chi connectivity index (χ1v) is 11.9. The number of fused-ring (bicyclic) bond motifs is 3. The molecule has 1 fully saturated rings. The predicted octanol–water partition coefficient (Wildman–Crippen LogP) is 5.10. The Morgan fingerprint density at radius 1 is 1.27 bits per heavy atom. The maximum atomic E-state index is 12.6. The third kappa shape index (κ3) is 4.17. The molecule has 6 nitrogen and oxygen atoms in total. The summed E-state index contributed by atoms with van der Waals surface area (Å²) in [5.74, 6) is 1.59. The van der Waals surface area contributed by atoms with Gasteiger partial charge in [-0.1, -0.05) is 57.2 Å². The molecule has 0 amide bonds. The van der Waals surface area contributed by atoms with E-state index in [0.717, 1.165) is 41.5 Å². The molecule has 2 heterocycles. The Kier molecular flexibility index (Phi) is 6.27. The van der Waals surface area contributed by atoms with Crippen LogP contribution in [0.2, 0.25) is 0 Å². The molecule has 1 aliphatic rings. The molecule has 0 bridgehead atoms. The van der Waals surface area contributed by atoms with Gasteiger partial charge < -0.3 is 9.30 Å². The monoisotopic (exact) mass is 426 g/mol. The second kappa shape index (κ2) is 8.92. The zero-order chi connectivity index (χ0) is 21.3. The van der Waals surface area contributed by atoms with Crippen molar-refractivity contribution in [1.29, 1.82) is 0 Å². The van der Waals surface area contributed by atoms with E-state index in [9.17, 15) is 4.79 Å². The molecule has 0 aliphatic heterocycles. The summed E-state index contributed by atoms with van der Waals surface area (Å²) in [5.41, 5.74) is 2.71. The lowest BCUT2D eigenvalue weighted by Gasteiger charge is -2.36. The molecule has 3 aromatic rings. The quantitative estimate of drug-likeness (QED) is 0.404. The minimum atomic E-state index is -0.190. The highest BCUT2D eigenvalue weighted by Crippen LogP contribution is 2.35. The van der Waals surface area contributed by atoms with Crippen LogP contribution in [-0.2, 0) is 16.1 Å². The summed E-state index contributed by atoms with van der Waals surface area (Å²) >= 11 is 1.30. The maximum Gasteiger partial charge on any atom is 0.316 e. The van der Waals surface area contributed by atoms with Crippen LogP contribution in [0.1, 0.15) is 47.0 Å². The van der Waals surface area contributed by atoms with Crippen molar-refractivity contribution < 1.29 is 9.53 Å². The molecular weight excluding hydrogens is 396 g/mol. The molecule has 0 unspecified atom stereocenters. The van der Waals surface area contributed by atoms with Gasteiger partial charge in [-0.2, -0.15) is 0 Å². The number of para-hydroxylation sites is 1. The van der Waals surface area contributed by atoms with Crippen molar-refractivity contribution in [2.45, 2.75) is 64.8 Å². The number of esters is 1. The molecule has 7 heteroatoms. The molecule has 4 rings (SSSR count). The smallest absolute Gasteiger partial charge is 0.316 e. The van der Waals surface area contributed by atoms with E-state index >= 15 is 0 Å². The standard InChI is InChI=1S/C23H30N4O2S/c1-5-27-18-9-7-6-8-17(18)21-22(27)24-23(26-25-21)30-13-20(28)29-19-12-15(4)10-11-16(19)14(2)3/h6-9,14-16,19H,5,10-13H2,1-4H3/t15-,16+,19-/m0/s1. The number of hydrogen-bond acceptors (Lipinski definition) is 6. The fourth-order valence-corrected chi connectivity index (χ4v) is 5.21. The Bertz CT molecular complexity index is 1050. The van der Waals surface area contributed by atoms with Gasteiger partial charge in [0.2, 0.25) is 5.16 Å². The number of thioether (sulfide) groups is 1. The normalized spacial score (nSPS) is 22.1. The minimum absolute atomic E-state index is 0.0194. The number of hydrogen-bond donors (Lipinski definition) is 0. The van der Waals surface area contributed by atoms with E-state index < -0.39 is 0 Å². The minimum Gasteiger partial charge on any atom is -0.461 e. The molecule has 1 saturated carbocycles. The van der Waals surface area contributed by atoms with Crippen LogP contribution in [0.5, 0.6) is 0 Å². The summed E-state index contributed by atoms with van der Waals surface area (Å²) in [6.07, 6.45) is 3.33. The van der Waals surface area contributed by atoms with E-state index in [-0.39, 0.29) is 17.8 Å². The highest BCUT2D eigenvalue weighted by Gasteiger charge is 2.33. The van der Waals surface area contributed by atoms with Gasteiger partial charge in [0.1, 0.15) is 11.6 Å². The molecule has 0 radical (unpaired) electrons. The third-order valence-electron chi connectivity index (χ3n) is 6.23. The number of nitrogens with zero attached hydrogens (tertiary/aromatic N) is 4. The van der Waals surface area contributed by atoms with Gasteiger partial charge in [-0.15, -0.1) is 10.2 Å². The lowest BCUT2D eigenvalue weighted by atomic mass is 9.75. The molecular formula is C23H30N4O2S. The van der Waals surface area contributed by atoms with Gasteiger partial charge in [-0.25, -0.2) is 4.98 Å². The van der Waals surface area contributed by atoms with Gasteiger partial charge in [-0.3, -0.25) is 4.79 Å². The molecule has 3 atom stereocenters. The van der Waals surface area contributed by atoms with Crippen LogP contribution in [0.4, 0.5) is 0 Å². The van der Waals surface area contributed by atoms with E-state index in [4.69, 9.17) is 9.72 Å². The van der Waals surface area contributed by atoms with Gasteiger partial charge in [0.05, 0.1) is 11.3 Å². The average molecular weight is 427 g/mol. The van der Waals surface area contributed by atoms with E-state index in [2.05, 4.69) is 48.5 Å². The first-order valence-electron chi connectivity index (χ1n) is 10.9. The van der Waals surface area contributed by atoms with Crippen molar-refractivity contribution in [3.63, 3.8) is 0 Å². The summed E-state index contributed by atoms with van der Waals surface area (Å²) in [4.78, 5) is 17.3. The third-order valence-corrected chi connectivity index (χ3v) is 7.05. The van der Waals surface area contributed by atoms with Crippen LogP contribution in [-0.4, -0.2) is 37.6 Å². The number of benzene rings is 1. The Morgan fingerprint density at radius 3 is 2.83 bits per heavy atom. The zero-order valence-electron chi connectivity index (χ0n) is 18.2. The molecule has 0 N–H and O–H groups in total. The van der Waals surface area contributed by atoms with Crippen LogP contribution < -0.4 is 0 Å². The molecule has 2 aromatic heterocycles. The Morgan fingerprint density at radius 2 is 2.07 bits per heavy atom. The second-order valence-electron chi connectivity index (χ2n) is 8.67. The summed E-state index contributed by atoms with van der Waals surface area (Å²) in [5, 5.41) is 10.2. The summed E-state index contributed by atoms with van der Waals surface area (Å²) in [6, 6.07) is 8.13. The van der Waals surface area contributed by atoms with Crippen LogP contribution in [0.25, 0.3) is 22.1 Å². The van der Waals surface area contributed by atoms with E-state index in [1.165, 1.54) is 18.2 Å².